The third-order valence-corrected chi connectivity index (χ3v) is 4.60. The van der Waals surface area contributed by atoms with Crippen LogP contribution in [0.1, 0.15) is 60.0 Å². The fourth-order valence-electron chi connectivity index (χ4n) is 2.70. The maximum Gasteiger partial charge on any atom is 0.264 e. The first-order chi connectivity index (χ1) is 10.3. The zero-order chi connectivity index (χ0) is 14.7. The highest BCUT2D eigenvalue weighted by Gasteiger charge is 2.32. The summed E-state index contributed by atoms with van der Waals surface area (Å²) in [5.41, 5.74) is 0. The summed E-state index contributed by atoms with van der Waals surface area (Å²) in [5.74, 6) is 1.40. The van der Waals surface area contributed by atoms with Crippen LogP contribution in [0.3, 0.4) is 0 Å². The highest BCUT2D eigenvalue weighted by molar-refractivity contribution is 7.12. The Hall–Kier alpha value is -1.69. The summed E-state index contributed by atoms with van der Waals surface area (Å²) in [6, 6.07) is 3.70. The summed E-state index contributed by atoms with van der Waals surface area (Å²) < 4.78 is 5.40. The summed E-state index contributed by atoms with van der Waals surface area (Å²) in [6.07, 6.45) is 4.81. The summed E-state index contributed by atoms with van der Waals surface area (Å²) in [4.78, 5) is 19.8. The van der Waals surface area contributed by atoms with E-state index in [9.17, 15) is 4.79 Å². The molecule has 1 fully saturated rings. The number of hydrogen-bond acceptors (Lipinski definition) is 5. The van der Waals surface area contributed by atoms with Crippen molar-refractivity contribution in [2.75, 3.05) is 6.54 Å². The lowest BCUT2D eigenvalue weighted by Crippen LogP contribution is -2.38. The Labute approximate surface area is 128 Å². The molecule has 1 atom stereocenters. The Morgan fingerprint density at radius 2 is 2.43 bits per heavy atom. The van der Waals surface area contributed by atoms with Crippen molar-refractivity contribution in [1.29, 1.82) is 0 Å². The number of nitrogens with zero attached hydrogens (tertiary/aromatic N) is 3. The number of amides is 1. The number of carbonyl (C=O) groups excluding carboxylic acids is 1. The van der Waals surface area contributed by atoms with E-state index in [0.717, 1.165) is 49.4 Å². The fourth-order valence-corrected chi connectivity index (χ4v) is 3.38. The topological polar surface area (TPSA) is 59.2 Å². The number of carbonyl (C=O) groups is 1. The average Bonchev–Trinajstić information content (AvgIpc) is 3.18. The molecule has 0 aliphatic carbocycles. The Kier molecular flexibility index (Phi) is 4.34. The van der Waals surface area contributed by atoms with Gasteiger partial charge in [-0.3, -0.25) is 4.79 Å². The quantitative estimate of drug-likeness (QED) is 0.868. The lowest BCUT2D eigenvalue weighted by molar-refractivity contribution is 0.0566. The van der Waals surface area contributed by atoms with Crippen LogP contribution in [0.5, 0.6) is 0 Å². The van der Waals surface area contributed by atoms with Gasteiger partial charge in [-0.15, -0.1) is 11.3 Å². The van der Waals surface area contributed by atoms with Crippen LogP contribution in [0.2, 0.25) is 0 Å². The highest BCUT2D eigenvalue weighted by atomic mass is 32.1. The number of hydrogen-bond donors (Lipinski definition) is 0. The van der Waals surface area contributed by atoms with Gasteiger partial charge in [0.25, 0.3) is 5.91 Å². The Balaban J connectivity index is 1.82. The predicted octanol–water partition coefficient (Wildman–Crippen LogP) is 3.45. The smallest absolute Gasteiger partial charge is 0.264 e. The number of likely N-dealkylation sites (tertiary alicyclic amines) is 1. The van der Waals surface area contributed by atoms with Crippen LogP contribution in [-0.4, -0.2) is 27.5 Å². The van der Waals surface area contributed by atoms with Crippen LogP contribution >= 0.6 is 11.3 Å². The molecule has 1 saturated heterocycles. The molecule has 1 amide bonds. The number of aromatic nitrogens is 2. The molecule has 0 radical (unpaired) electrons. The molecule has 5 nitrogen and oxygen atoms in total. The van der Waals surface area contributed by atoms with E-state index in [-0.39, 0.29) is 11.9 Å². The second kappa shape index (κ2) is 6.39. The van der Waals surface area contributed by atoms with E-state index < -0.39 is 0 Å². The molecule has 0 aromatic carbocycles. The average molecular weight is 305 g/mol. The number of aryl methyl sites for hydroxylation is 1. The predicted molar refractivity (Wildman–Crippen MR) is 80.2 cm³/mol. The van der Waals surface area contributed by atoms with Crippen molar-refractivity contribution < 1.29 is 9.32 Å². The molecule has 0 saturated carbocycles. The minimum Gasteiger partial charge on any atom is -0.337 e. The Morgan fingerprint density at radius 1 is 1.52 bits per heavy atom. The normalized spacial score (nSPS) is 18.9. The molecular weight excluding hydrogens is 286 g/mol. The van der Waals surface area contributed by atoms with E-state index >= 15 is 0 Å². The first-order valence-electron chi connectivity index (χ1n) is 7.46. The summed E-state index contributed by atoms with van der Waals surface area (Å²) in [6.45, 7) is 2.84. The van der Waals surface area contributed by atoms with Gasteiger partial charge in [-0.05, 0) is 37.1 Å². The van der Waals surface area contributed by atoms with Gasteiger partial charge < -0.3 is 9.42 Å². The van der Waals surface area contributed by atoms with Gasteiger partial charge in [-0.1, -0.05) is 18.1 Å². The van der Waals surface area contributed by atoms with Crippen molar-refractivity contribution in [2.45, 2.75) is 45.1 Å². The molecule has 3 rings (SSSR count). The van der Waals surface area contributed by atoms with E-state index in [0.29, 0.717) is 5.89 Å². The van der Waals surface area contributed by atoms with E-state index in [1.807, 2.05) is 22.4 Å². The largest absolute Gasteiger partial charge is 0.337 e. The molecule has 3 heterocycles. The standard InChI is InChI=1S/C15H19N3O2S/c1-2-6-13-16-14(20-17-13)11-7-3-4-9-18(11)15(19)12-8-5-10-21-12/h5,8,10-11H,2-4,6-7,9H2,1H3/t11-/m1/s1. The van der Waals surface area contributed by atoms with Crippen LogP contribution in [0.4, 0.5) is 0 Å². The first-order valence-corrected chi connectivity index (χ1v) is 8.34. The highest BCUT2D eigenvalue weighted by Crippen LogP contribution is 2.31. The second-order valence-corrected chi connectivity index (χ2v) is 6.23. The minimum atomic E-state index is -0.0774. The number of thiophene rings is 1. The Morgan fingerprint density at radius 3 is 3.19 bits per heavy atom. The van der Waals surface area contributed by atoms with Gasteiger partial charge in [0.1, 0.15) is 6.04 Å². The van der Waals surface area contributed by atoms with Gasteiger partial charge in [0.15, 0.2) is 5.82 Å². The zero-order valence-electron chi connectivity index (χ0n) is 12.1. The van der Waals surface area contributed by atoms with Crippen LogP contribution in [0, 0.1) is 0 Å². The maximum absolute atomic E-state index is 12.6. The van der Waals surface area contributed by atoms with Crippen molar-refractivity contribution >= 4 is 17.2 Å². The molecule has 6 heteroatoms. The summed E-state index contributed by atoms with van der Waals surface area (Å²) in [7, 11) is 0. The molecule has 2 aromatic rings. The third-order valence-electron chi connectivity index (χ3n) is 3.74. The van der Waals surface area contributed by atoms with Crippen LogP contribution in [0.25, 0.3) is 0 Å². The van der Waals surface area contributed by atoms with Crippen LogP contribution in [-0.2, 0) is 6.42 Å². The zero-order valence-corrected chi connectivity index (χ0v) is 12.9. The molecule has 1 aliphatic heterocycles. The third kappa shape index (κ3) is 3.00. The van der Waals surface area contributed by atoms with Gasteiger partial charge >= 0.3 is 0 Å². The summed E-state index contributed by atoms with van der Waals surface area (Å²) in [5, 5.41) is 5.94. The van der Waals surface area contributed by atoms with Crippen molar-refractivity contribution in [1.82, 2.24) is 15.0 Å². The molecular formula is C15H19N3O2S. The van der Waals surface area contributed by atoms with E-state index in [4.69, 9.17) is 4.52 Å². The molecule has 2 aromatic heterocycles. The minimum absolute atomic E-state index is 0.0740. The molecule has 1 aliphatic rings. The van der Waals surface area contributed by atoms with Crippen molar-refractivity contribution in [3.8, 4) is 0 Å². The van der Waals surface area contributed by atoms with Gasteiger partial charge in [0.05, 0.1) is 4.88 Å². The summed E-state index contributed by atoms with van der Waals surface area (Å²) >= 11 is 1.48. The van der Waals surface area contributed by atoms with Gasteiger partial charge in [0.2, 0.25) is 5.89 Å². The molecule has 0 bridgehead atoms. The fraction of sp³-hybridized carbons (Fsp3) is 0.533. The van der Waals surface area contributed by atoms with E-state index in [1.54, 1.807) is 0 Å². The molecule has 0 N–H and O–H groups in total. The van der Waals surface area contributed by atoms with Crippen LogP contribution in [0.15, 0.2) is 22.0 Å². The van der Waals surface area contributed by atoms with Crippen molar-refractivity contribution in [3.05, 3.63) is 34.1 Å². The maximum atomic E-state index is 12.6. The SMILES string of the molecule is CCCc1noc([C@H]2CCCCN2C(=O)c2cccs2)n1. The molecule has 21 heavy (non-hydrogen) atoms. The monoisotopic (exact) mass is 305 g/mol. The van der Waals surface area contributed by atoms with Crippen LogP contribution < -0.4 is 0 Å². The molecule has 0 spiro atoms. The van der Waals surface area contributed by atoms with Gasteiger partial charge in [0, 0.05) is 13.0 Å². The van der Waals surface area contributed by atoms with Gasteiger partial charge in [-0.25, -0.2) is 0 Å². The lowest BCUT2D eigenvalue weighted by Gasteiger charge is -2.33. The van der Waals surface area contributed by atoms with Crippen molar-refractivity contribution in [3.63, 3.8) is 0 Å². The second-order valence-electron chi connectivity index (χ2n) is 5.29. The number of piperidine rings is 1. The molecule has 0 unspecified atom stereocenters. The number of rotatable bonds is 4. The van der Waals surface area contributed by atoms with E-state index in [1.165, 1.54) is 11.3 Å². The lowest BCUT2D eigenvalue weighted by atomic mass is 10.0. The molecule has 112 valence electrons. The van der Waals surface area contributed by atoms with Crippen molar-refractivity contribution in [2.24, 2.45) is 0 Å². The van der Waals surface area contributed by atoms with E-state index in [2.05, 4.69) is 17.1 Å². The van der Waals surface area contributed by atoms with Gasteiger partial charge in [-0.2, -0.15) is 4.98 Å². The Bertz CT molecular complexity index is 594. The first kappa shape index (κ1) is 14.3.